The monoisotopic (exact) mass is 323 g/mol. The number of nitrogens with one attached hydrogen (secondary N) is 2. The van der Waals surface area contributed by atoms with Gasteiger partial charge in [0.1, 0.15) is 5.66 Å². The number of anilines is 1. The van der Waals surface area contributed by atoms with Crippen molar-refractivity contribution in [2.45, 2.75) is 32.4 Å². The minimum atomic E-state index is -3.16. The van der Waals surface area contributed by atoms with Gasteiger partial charge in [0.05, 0.1) is 11.3 Å². The number of hydrogen-bond acceptors (Lipinski definition) is 4. The van der Waals surface area contributed by atoms with E-state index in [9.17, 15) is 13.2 Å². The van der Waals surface area contributed by atoms with Crippen molar-refractivity contribution in [1.29, 1.82) is 0 Å². The fraction of sp³-hybridized carbons (Fsp3) is 0.533. The van der Waals surface area contributed by atoms with Crippen LogP contribution in [0.15, 0.2) is 18.2 Å². The highest BCUT2D eigenvalue weighted by Gasteiger charge is 2.42. The summed E-state index contributed by atoms with van der Waals surface area (Å²) in [6.07, 6.45) is 1.12. The lowest BCUT2D eigenvalue weighted by Crippen LogP contribution is -2.62. The van der Waals surface area contributed by atoms with Crippen LogP contribution < -0.4 is 10.6 Å². The average molecular weight is 323 g/mol. The van der Waals surface area contributed by atoms with Crippen LogP contribution >= 0.6 is 0 Å². The number of carbonyl (C=O) groups is 1. The first-order valence-corrected chi connectivity index (χ1v) is 9.15. The Morgan fingerprint density at radius 1 is 1.23 bits per heavy atom. The number of carbonyl (C=O) groups excluding carboxylic acids is 1. The summed E-state index contributed by atoms with van der Waals surface area (Å²) >= 11 is 0. The van der Waals surface area contributed by atoms with Crippen molar-refractivity contribution in [3.05, 3.63) is 29.3 Å². The molecule has 1 fully saturated rings. The summed E-state index contributed by atoms with van der Waals surface area (Å²) < 4.78 is 25.4. The van der Waals surface area contributed by atoms with Crippen LogP contribution in [0.2, 0.25) is 0 Å². The molecule has 0 aliphatic carbocycles. The number of sulfonamides is 1. The van der Waals surface area contributed by atoms with Gasteiger partial charge in [0, 0.05) is 31.6 Å². The van der Waals surface area contributed by atoms with Crippen LogP contribution in [-0.4, -0.2) is 43.1 Å². The Morgan fingerprint density at radius 3 is 2.55 bits per heavy atom. The van der Waals surface area contributed by atoms with E-state index >= 15 is 0 Å². The molecule has 0 unspecified atom stereocenters. The highest BCUT2D eigenvalue weighted by atomic mass is 32.2. The summed E-state index contributed by atoms with van der Waals surface area (Å²) in [6.45, 7) is 4.44. The van der Waals surface area contributed by atoms with E-state index in [2.05, 4.69) is 10.6 Å². The van der Waals surface area contributed by atoms with Crippen LogP contribution in [0.25, 0.3) is 0 Å². The number of hydrogen-bond donors (Lipinski definition) is 2. The molecule has 2 N–H and O–H groups in total. The number of fused-ring (bicyclic) bond motifs is 1. The zero-order valence-electron chi connectivity index (χ0n) is 12.8. The summed E-state index contributed by atoms with van der Waals surface area (Å²) in [5.41, 5.74) is 1.96. The molecule has 2 aliphatic heterocycles. The largest absolute Gasteiger partial charge is 0.362 e. The van der Waals surface area contributed by atoms with Crippen LogP contribution in [0, 0.1) is 6.92 Å². The first-order valence-electron chi connectivity index (χ1n) is 7.54. The fourth-order valence-corrected chi connectivity index (χ4v) is 4.21. The molecule has 0 bridgehead atoms. The van der Waals surface area contributed by atoms with E-state index in [1.807, 2.05) is 25.1 Å². The number of nitrogens with zero attached hydrogens (tertiary/aromatic N) is 1. The first-order chi connectivity index (χ1) is 10.4. The lowest BCUT2D eigenvalue weighted by Gasteiger charge is -2.45. The maximum atomic E-state index is 12.4. The molecular formula is C15H21N3O3S. The third kappa shape index (κ3) is 2.59. The molecule has 3 rings (SSSR count). The SMILES string of the molecule is CCS(=O)(=O)N1CCC2(CC1)NC(=O)c1cc(C)ccc1N2. The molecule has 1 amide bonds. The Kier molecular flexibility index (Phi) is 3.65. The van der Waals surface area contributed by atoms with Gasteiger partial charge in [-0.1, -0.05) is 11.6 Å². The molecule has 22 heavy (non-hydrogen) atoms. The van der Waals surface area contributed by atoms with Gasteiger partial charge >= 0.3 is 0 Å². The first kappa shape index (κ1) is 15.3. The second-order valence-corrected chi connectivity index (χ2v) is 8.27. The van der Waals surface area contributed by atoms with Crippen molar-refractivity contribution in [1.82, 2.24) is 9.62 Å². The molecule has 0 aromatic heterocycles. The van der Waals surface area contributed by atoms with E-state index in [4.69, 9.17) is 0 Å². The van der Waals surface area contributed by atoms with E-state index in [1.54, 1.807) is 6.92 Å². The zero-order valence-corrected chi connectivity index (χ0v) is 13.7. The van der Waals surface area contributed by atoms with Gasteiger partial charge in [0.2, 0.25) is 10.0 Å². The van der Waals surface area contributed by atoms with Gasteiger partial charge in [-0.15, -0.1) is 0 Å². The van der Waals surface area contributed by atoms with E-state index in [0.29, 0.717) is 31.5 Å². The molecular weight excluding hydrogens is 302 g/mol. The summed E-state index contributed by atoms with van der Waals surface area (Å²) in [5, 5.41) is 6.44. The van der Waals surface area contributed by atoms with Crippen LogP contribution in [0.4, 0.5) is 5.69 Å². The lowest BCUT2D eigenvalue weighted by atomic mass is 9.93. The molecule has 2 heterocycles. The van der Waals surface area contributed by atoms with Crippen LogP contribution in [-0.2, 0) is 10.0 Å². The van der Waals surface area contributed by atoms with Crippen molar-refractivity contribution in [3.8, 4) is 0 Å². The number of piperidine rings is 1. The minimum Gasteiger partial charge on any atom is -0.362 e. The van der Waals surface area contributed by atoms with Crippen LogP contribution in [0.5, 0.6) is 0 Å². The molecule has 0 atom stereocenters. The molecule has 7 heteroatoms. The Labute approximate surface area is 130 Å². The third-order valence-electron chi connectivity index (χ3n) is 4.48. The van der Waals surface area contributed by atoms with E-state index < -0.39 is 15.7 Å². The molecule has 1 aromatic carbocycles. The van der Waals surface area contributed by atoms with Gasteiger partial charge in [-0.2, -0.15) is 0 Å². The summed E-state index contributed by atoms with van der Waals surface area (Å²) in [6, 6.07) is 5.75. The summed E-state index contributed by atoms with van der Waals surface area (Å²) in [4.78, 5) is 12.4. The maximum absolute atomic E-state index is 12.4. The van der Waals surface area contributed by atoms with Crippen molar-refractivity contribution >= 4 is 21.6 Å². The second kappa shape index (κ2) is 5.24. The molecule has 120 valence electrons. The quantitative estimate of drug-likeness (QED) is 0.860. The van der Waals surface area contributed by atoms with E-state index in [0.717, 1.165) is 11.3 Å². The highest BCUT2D eigenvalue weighted by molar-refractivity contribution is 7.89. The van der Waals surface area contributed by atoms with Gasteiger partial charge in [0.25, 0.3) is 5.91 Å². The molecule has 2 aliphatic rings. The average Bonchev–Trinajstić information content (AvgIpc) is 2.49. The second-order valence-electron chi connectivity index (χ2n) is 6.01. The van der Waals surface area contributed by atoms with E-state index in [1.165, 1.54) is 4.31 Å². The van der Waals surface area contributed by atoms with Crippen molar-refractivity contribution < 1.29 is 13.2 Å². The van der Waals surface area contributed by atoms with Crippen molar-refractivity contribution in [2.75, 3.05) is 24.2 Å². The Morgan fingerprint density at radius 2 is 1.91 bits per heavy atom. The van der Waals surface area contributed by atoms with Gasteiger partial charge in [-0.3, -0.25) is 4.79 Å². The Bertz CT molecular complexity index is 707. The summed E-state index contributed by atoms with van der Waals surface area (Å²) in [7, 11) is -3.16. The number of aryl methyl sites for hydroxylation is 1. The molecule has 0 saturated carbocycles. The van der Waals surface area contributed by atoms with Crippen LogP contribution in [0.3, 0.4) is 0 Å². The fourth-order valence-electron chi connectivity index (χ4n) is 3.11. The topological polar surface area (TPSA) is 78.5 Å². The molecule has 6 nitrogen and oxygen atoms in total. The maximum Gasteiger partial charge on any atom is 0.255 e. The predicted octanol–water partition coefficient (Wildman–Crippen LogP) is 1.29. The minimum absolute atomic E-state index is 0.0933. The zero-order chi connectivity index (χ0) is 16.0. The van der Waals surface area contributed by atoms with Gasteiger partial charge in [-0.25, -0.2) is 12.7 Å². The van der Waals surface area contributed by atoms with Gasteiger partial charge in [-0.05, 0) is 26.0 Å². The Balaban J connectivity index is 1.81. The predicted molar refractivity (Wildman–Crippen MR) is 85.3 cm³/mol. The van der Waals surface area contributed by atoms with E-state index in [-0.39, 0.29) is 11.7 Å². The molecule has 1 saturated heterocycles. The van der Waals surface area contributed by atoms with Gasteiger partial charge in [0.15, 0.2) is 0 Å². The highest BCUT2D eigenvalue weighted by Crippen LogP contribution is 2.32. The smallest absolute Gasteiger partial charge is 0.255 e. The molecule has 1 spiro atoms. The lowest BCUT2D eigenvalue weighted by molar-refractivity contribution is 0.0865. The number of benzene rings is 1. The third-order valence-corrected chi connectivity index (χ3v) is 6.36. The standard InChI is InChI=1S/C15H21N3O3S/c1-3-22(20,21)18-8-6-15(7-9-18)16-13-5-4-11(2)10-12(13)14(19)17-15/h4-5,10,16H,3,6-9H2,1-2H3,(H,17,19). The number of amides is 1. The van der Waals surface area contributed by atoms with Crippen molar-refractivity contribution in [3.63, 3.8) is 0 Å². The van der Waals surface area contributed by atoms with Crippen molar-refractivity contribution in [2.24, 2.45) is 0 Å². The summed E-state index contributed by atoms with van der Waals surface area (Å²) in [5.74, 6) is 0.0197. The number of rotatable bonds is 2. The van der Waals surface area contributed by atoms with Gasteiger partial charge < -0.3 is 10.6 Å². The van der Waals surface area contributed by atoms with Crippen LogP contribution in [0.1, 0.15) is 35.7 Å². The molecule has 0 radical (unpaired) electrons. The normalized spacial score (nSPS) is 21.1. The Hall–Kier alpha value is -1.60. The molecule has 1 aromatic rings.